The number of hydrogen-bond acceptors (Lipinski definition) is 4. The fourth-order valence-corrected chi connectivity index (χ4v) is 4.47. The molecule has 0 spiro atoms. The minimum atomic E-state index is -0.532. The maximum Gasteiger partial charge on any atom is 0.220 e. The molecule has 1 aromatic heterocycles. The Balaban J connectivity index is 1.32. The van der Waals surface area contributed by atoms with Crippen molar-refractivity contribution < 1.29 is 18.7 Å². The molecule has 0 saturated carbocycles. The zero-order chi connectivity index (χ0) is 23.4. The number of methoxy groups -OCH3 is 1. The number of imidazole rings is 1. The molecule has 0 unspecified atom stereocenters. The van der Waals surface area contributed by atoms with E-state index in [2.05, 4.69) is 20.6 Å². The van der Waals surface area contributed by atoms with E-state index in [1.165, 1.54) is 13.2 Å². The number of aromatic amines is 1. The smallest absolute Gasteiger partial charge is 0.220 e. The number of amides is 2. The highest BCUT2D eigenvalue weighted by atomic mass is 35.5. The Morgan fingerprint density at radius 3 is 2.91 bits per heavy atom. The number of carbonyl (C=O) groups is 2. The molecule has 1 aliphatic rings. The molecule has 1 aliphatic heterocycles. The standard InChI is InChI=1S/C24H26ClFN4O3/c1-33-20-12-15(2-4-17(20)26)14-24(10-7-23(32)30-24)9-6-22(31)27-11-8-21-28-18-5-3-16(25)13-19(18)29-21/h2-5,12-13H,6-11,14H2,1H3,(H,27,31)(H,28,29)(H,30,32)/t24-/m0/s1. The average Bonchev–Trinajstić information content (AvgIpc) is 3.36. The zero-order valence-electron chi connectivity index (χ0n) is 18.3. The van der Waals surface area contributed by atoms with Gasteiger partial charge in [0.2, 0.25) is 11.8 Å². The third kappa shape index (κ3) is 5.63. The highest BCUT2D eigenvalue weighted by molar-refractivity contribution is 6.31. The van der Waals surface area contributed by atoms with Crippen LogP contribution in [0.3, 0.4) is 0 Å². The van der Waals surface area contributed by atoms with Crippen molar-refractivity contribution in [3.8, 4) is 5.75 Å². The van der Waals surface area contributed by atoms with Crippen molar-refractivity contribution in [3.05, 3.63) is 58.6 Å². The number of hydrogen-bond donors (Lipinski definition) is 3. The molecule has 174 valence electrons. The van der Waals surface area contributed by atoms with Crippen LogP contribution in [0.1, 0.15) is 37.1 Å². The Labute approximate surface area is 196 Å². The SMILES string of the molecule is COc1cc(C[C@]2(CCC(=O)NCCc3nc4ccc(Cl)cc4[nH]3)CCC(=O)N2)ccc1F. The first-order valence-corrected chi connectivity index (χ1v) is 11.3. The minimum absolute atomic E-state index is 0.0329. The Morgan fingerprint density at radius 1 is 1.30 bits per heavy atom. The molecule has 1 saturated heterocycles. The molecule has 1 fully saturated rings. The van der Waals surface area contributed by atoms with Gasteiger partial charge in [0.1, 0.15) is 5.82 Å². The Morgan fingerprint density at radius 2 is 2.15 bits per heavy atom. The quantitative estimate of drug-likeness (QED) is 0.442. The third-order valence-electron chi connectivity index (χ3n) is 6.00. The molecular weight excluding hydrogens is 447 g/mol. The van der Waals surface area contributed by atoms with Gasteiger partial charge in [-0.2, -0.15) is 0 Å². The second-order valence-electron chi connectivity index (χ2n) is 8.42. The molecular formula is C24H26ClFN4O3. The molecule has 7 nitrogen and oxygen atoms in total. The summed E-state index contributed by atoms with van der Waals surface area (Å²) >= 11 is 6.00. The Kier molecular flexibility index (Phi) is 6.83. The summed E-state index contributed by atoms with van der Waals surface area (Å²) < 4.78 is 18.8. The molecule has 33 heavy (non-hydrogen) atoms. The largest absolute Gasteiger partial charge is 0.494 e. The summed E-state index contributed by atoms with van der Waals surface area (Å²) in [6.45, 7) is 0.445. The van der Waals surface area contributed by atoms with Gasteiger partial charge in [-0.25, -0.2) is 9.37 Å². The highest BCUT2D eigenvalue weighted by Gasteiger charge is 2.38. The summed E-state index contributed by atoms with van der Waals surface area (Å²) in [4.78, 5) is 32.2. The number of fused-ring (bicyclic) bond motifs is 1. The van der Waals surface area contributed by atoms with Gasteiger partial charge in [-0.3, -0.25) is 9.59 Å². The number of benzene rings is 2. The lowest BCUT2D eigenvalue weighted by atomic mass is 9.85. The van der Waals surface area contributed by atoms with E-state index in [0.717, 1.165) is 22.4 Å². The molecule has 2 heterocycles. The van der Waals surface area contributed by atoms with E-state index >= 15 is 0 Å². The number of H-pyrrole nitrogens is 1. The summed E-state index contributed by atoms with van der Waals surface area (Å²) in [7, 11) is 1.42. The topological polar surface area (TPSA) is 96.1 Å². The van der Waals surface area contributed by atoms with E-state index in [0.29, 0.717) is 43.7 Å². The Bertz CT molecular complexity index is 1180. The molecule has 0 bridgehead atoms. The van der Waals surface area contributed by atoms with Crippen molar-refractivity contribution >= 4 is 34.4 Å². The van der Waals surface area contributed by atoms with Crippen LogP contribution in [0.15, 0.2) is 36.4 Å². The molecule has 1 atom stereocenters. The summed E-state index contributed by atoms with van der Waals surface area (Å²) in [5.74, 6) is 0.383. The molecule has 0 radical (unpaired) electrons. The van der Waals surface area contributed by atoms with Gasteiger partial charge in [0.05, 0.1) is 18.1 Å². The van der Waals surface area contributed by atoms with Gasteiger partial charge in [0.25, 0.3) is 0 Å². The van der Waals surface area contributed by atoms with Crippen molar-refractivity contribution in [1.82, 2.24) is 20.6 Å². The molecule has 2 amide bonds. The molecule has 9 heteroatoms. The van der Waals surface area contributed by atoms with Crippen molar-refractivity contribution in [2.45, 2.75) is 44.1 Å². The third-order valence-corrected chi connectivity index (χ3v) is 6.24. The van der Waals surface area contributed by atoms with Gasteiger partial charge in [0, 0.05) is 36.4 Å². The van der Waals surface area contributed by atoms with Crippen LogP contribution < -0.4 is 15.4 Å². The molecule has 2 aromatic carbocycles. The van der Waals surface area contributed by atoms with E-state index in [9.17, 15) is 14.0 Å². The summed E-state index contributed by atoms with van der Waals surface area (Å²) in [5.41, 5.74) is 2.01. The number of nitrogens with one attached hydrogen (secondary N) is 3. The highest BCUT2D eigenvalue weighted by Crippen LogP contribution is 2.31. The van der Waals surface area contributed by atoms with E-state index < -0.39 is 11.4 Å². The van der Waals surface area contributed by atoms with E-state index in [1.54, 1.807) is 18.2 Å². The number of halogens is 2. The number of aromatic nitrogens is 2. The van der Waals surface area contributed by atoms with Crippen molar-refractivity contribution in [2.75, 3.05) is 13.7 Å². The molecule has 0 aliphatic carbocycles. The maximum absolute atomic E-state index is 13.8. The van der Waals surface area contributed by atoms with Gasteiger partial charge in [-0.05, 0) is 55.2 Å². The molecule has 3 aromatic rings. The number of nitrogens with zero attached hydrogens (tertiary/aromatic N) is 1. The Hall–Kier alpha value is -3.13. The minimum Gasteiger partial charge on any atom is -0.494 e. The molecule has 4 rings (SSSR count). The lowest BCUT2D eigenvalue weighted by Gasteiger charge is -2.29. The van der Waals surface area contributed by atoms with Gasteiger partial charge in [0.15, 0.2) is 11.6 Å². The lowest BCUT2D eigenvalue weighted by Crippen LogP contribution is -2.44. The predicted octanol–water partition coefficient (Wildman–Crippen LogP) is 3.69. The van der Waals surface area contributed by atoms with Gasteiger partial charge in [-0.15, -0.1) is 0 Å². The number of ether oxygens (including phenoxy) is 1. The van der Waals surface area contributed by atoms with Crippen LogP contribution in [0.25, 0.3) is 11.0 Å². The first-order valence-electron chi connectivity index (χ1n) is 10.9. The molecule has 3 N–H and O–H groups in total. The zero-order valence-corrected chi connectivity index (χ0v) is 19.1. The average molecular weight is 473 g/mol. The van der Waals surface area contributed by atoms with Crippen molar-refractivity contribution in [3.63, 3.8) is 0 Å². The monoisotopic (exact) mass is 472 g/mol. The van der Waals surface area contributed by atoms with Crippen LogP contribution in [-0.4, -0.2) is 41.0 Å². The number of carbonyl (C=O) groups excluding carboxylic acids is 2. The fourth-order valence-electron chi connectivity index (χ4n) is 4.30. The predicted molar refractivity (Wildman–Crippen MR) is 124 cm³/mol. The first-order chi connectivity index (χ1) is 15.9. The van der Waals surface area contributed by atoms with Crippen molar-refractivity contribution in [2.24, 2.45) is 0 Å². The summed E-state index contributed by atoms with van der Waals surface area (Å²) in [6.07, 6.45) is 2.87. The lowest BCUT2D eigenvalue weighted by molar-refractivity contribution is -0.122. The fraction of sp³-hybridized carbons (Fsp3) is 0.375. The summed E-state index contributed by atoms with van der Waals surface area (Å²) in [5, 5.41) is 6.60. The van der Waals surface area contributed by atoms with E-state index in [1.807, 2.05) is 12.1 Å². The van der Waals surface area contributed by atoms with Crippen LogP contribution in [0.4, 0.5) is 4.39 Å². The van der Waals surface area contributed by atoms with E-state index in [4.69, 9.17) is 16.3 Å². The van der Waals surface area contributed by atoms with Gasteiger partial charge in [-0.1, -0.05) is 17.7 Å². The van der Waals surface area contributed by atoms with Gasteiger partial charge < -0.3 is 20.4 Å². The second kappa shape index (κ2) is 9.79. The first kappa shape index (κ1) is 23.0. The summed E-state index contributed by atoms with van der Waals surface area (Å²) in [6, 6.07) is 10.1. The normalized spacial score (nSPS) is 17.8. The van der Waals surface area contributed by atoms with Gasteiger partial charge >= 0.3 is 0 Å². The maximum atomic E-state index is 13.8. The van der Waals surface area contributed by atoms with Crippen LogP contribution in [-0.2, 0) is 22.4 Å². The van der Waals surface area contributed by atoms with Crippen LogP contribution in [0.5, 0.6) is 5.75 Å². The van der Waals surface area contributed by atoms with Crippen LogP contribution in [0.2, 0.25) is 5.02 Å². The second-order valence-corrected chi connectivity index (χ2v) is 8.86. The van der Waals surface area contributed by atoms with E-state index in [-0.39, 0.29) is 24.0 Å². The van der Waals surface area contributed by atoms with Crippen molar-refractivity contribution in [1.29, 1.82) is 0 Å². The van der Waals surface area contributed by atoms with Crippen LogP contribution >= 0.6 is 11.6 Å². The van der Waals surface area contributed by atoms with Crippen LogP contribution in [0, 0.1) is 5.82 Å². The number of rotatable bonds is 9.